The van der Waals surface area contributed by atoms with Crippen LogP contribution >= 0.6 is 0 Å². The zero-order valence-corrected chi connectivity index (χ0v) is 11.9. The monoisotopic (exact) mass is 287 g/mol. The fraction of sp³-hybridized carbons (Fsp3) is 0.333. The maximum atomic E-state index is 13.4. The van der Waals surface area contributed by atoms with Gasteiger partial charge in [0.2, 0.25) is 0 Å². The number of H-pyrrole nitrogens is 1. The largest absolute Gasteiger partial charge is 0.348 e. The normalized spacial score (nSPS) is 12.9. The quantitative estimate of drug-likeness (QED) is 0.757. The van der Waals surface area contributed by atoms with E-state index < -0.39 is 0 Å². The van der Waals surface area contributed by atoms with E-state index in [2.05, 4.69) is 26.4 Å². The van der Waals surface area contributed by atoms with E-state index in [9.17, 15) is 4.39 Å². The van der Waals surface area contributed by atoms with Gasteiger partial charge in [-0.3, -0.25) is 0 Å². The molecule has 0 radical (unpaired) electrons. The Morgan fingerprint density at radius 2 is 2.29 bits per heavy atom. The van der Waals surface area contributed by atoms with Gasteiger partial charge >= 0.3 is 0 Å². The van der Waals surface area contributed by atoms with Gasteiger partial charge in [0.05, 0.1) is 23.4 Å². The minimum Gasteiger partial charge on any atom is -0.348 e. The summed E-state index contributed by atoms with van der Waals surface area (Å²) in [6.07, 6.45) is 4.97. The van der Waals surface area contributed by atoms with E-state index in [1.54, 1.807) is 18.6 Å². The van der Waals surface area contributed by atoms with E-state index in [1.807, 2.05) is 0 Å². The predicted molar refractivity (Wildman–Crippen MR) is 79.2 cm³/mol. The summed E-state index contributed by atoms with van der Waals surface area (Å²) in [5, 5.41) is 0. The number of rotatable bonds is 5. The second-order valence-corrected chi connectivity index (χ2v) is 5.14. The lowest BCUT2D eigenvalue weighted by Crippen LogP contribution is -2.19. The van der Waals surface area contributed by atoms with Crippen molar-refractivity contribution in [3.8, 4) is 0 Å². The number of hydrogen-bond acceptors (Lipinski definition) is 3. The van der Waals surface area contributed by atoms with Crippen LogP contribution in [0.2, 0.25) is 0 Å². The predicted octanol–water partition coefficient (Wildman–Crippen LogP) is 2.55. The number of aryl methyl sites for hydroxylation is 1. The molecule has 3 aromatic rings. The number of fused-ring (bicyclic) bond motifs is 1. The molecule has 0 bridgehead atoms. The first-order valence-electron chi connectivity index (χ1n) is 7.07. The molecule has 0 aliphatic heterocycles. The standard InChI is InChI=1S/C15H18FN5/c1-2-5-21-14-4-3-10(16)6-13(14)20-15(21)12(17)7-11-8-18-9-19-11/h3-4,6,8-9,12H,2,5,7,17H2,1H3,(H,18,19). The number of aromatic amines is 1. The van der Waals surface area contributed by atoms with E-state index in [1.165, 1.54) is 12.1 Å². The number of aromatic nitrogens is 4. The molecule has 110 valence electrons. The zero-order chi connectivity index (χ0) is 14.8. The molecule has 1 aromatic carbocycles. The number of halogens is 1. The number of nitrogens with two attached hydrogens (primary N) is 1. The molecule has 0 aliphatic rings. The molecule has 0 fully saturated rings. The van der Waals surface area contributed by atoms with Gasteiger partial charge in [-0.05, 0) is 18.6 Å². The molecule has 1 unspecified atom stereocenters. The van der Waals surface area contributed by atoms with Gasteiger partial charge in [0.1, 0.15) is 11.6 Å². The molecule has 2 aromatic heterocycles. The molecule has 2 heterocycles. The van der Waals surface area contributed by atoms with Gasteiger partial charge in [-0.1, -0.05) is 6.92 Å². The molecular formula is C15H18FN5. The summed E-state index contributed by atoms with van der Waals surface area (Å²) in [6, 6.07) is 4.42. The molecule has 0 saturated carbocycles. The number of nitrogens with one attached hydrogen (secondary N) is 1. The van der Waals surface area contributed by atoms with Crippen LogP contribution in [0.1, 0.15) is 30.9 Å². The highest BCUT2D eigenvalue weighted by atomic mass is 19.1. The minimum atomic E-state index is -0.280. The molecule has 1 atom stereocenters. The minimum absolute atomic E-state index is 0.257. The van der Waals surface area contributed by atoms with Gasteiger partial charge in [-0.2, -0.15) is 0 Å². The Bertz CT molecular complexity index is 732. The number of nitrogens with zero attached hydrogens (tertiary/aromatic N) is 3. The molecule has 0 spiro atoms. The van der Waals surface area contributed by atoms with E-state index in [0.717, 1.165) is 30.0 Å². The summed E-state index contributed by atoms with van der Waals surface area (Å²) in [6.45, 7) is 2.91. The summed E-state index contributed by atoms with van der Waals surface area (Å²) in [5.41, 5.74) is 8.83. The molecule has 3 rings (SSSR count). The van der Waals surface area contributed by atoms with Crippen molar-refractivity contribution in [3.63, 3.8) is 0 Å². The maximum Gasteiger partial charge on any atom is 0.127 e. The van der Waals surface area contributed by atoms with Gasteiger partial charge < -0.3 is 15.3 Å². The lowest BCUT2D eigenvalue weighted by Gasteiger charge is -2.13. The first-order chi connectivity index (χ1) is 10.2. The first-order valence-corrected chi connectivity index (χ1v) is 7.07. The van der Waals surface area contributed by atoms with E-state index in [-0.39, 0.29) is 11.9 Å². The molecule has 21 heavy (non-hydrogen) atoms. The smallest absolute Gasteiger partial charge is 0.127 e. The Morgan fingerprint density at radius 1 is 1.43 bits per heavy atom. The van der Waals surface area contributed by atoms with E-state index in [0.29, 0.717) is 11.9 Å². The van der Waals surface area contributed by atoms with Crippen LogP contribution in [0.15, 0.2) is 30.7 Å². The van der Waals surface area contributed by atoms with Crippen LogP contribution in [0, 0.1) is 5.82 Å². The molecule has 5 nitrogen and oxygen atoms in total. The van der Waals surface area contributed by atoms with E-state index >= 15 is 0 Å². The summed E-state index contributed by atoms with van der Waals surface area (Å²) in [5.74, 6) is 0.504. The molecule has 0 saturated heterocycles. The van der Waals surface area contributed by atoms with Crippen molar-refractivity contribution in [1.29, 1.82) is 0 Å². The highest BCUT2D eigenvalue weighted by Gasteiger charge is 2.18. The van der Waals surface area contributed by atoms with Crippen molar-refractivity contribution in [2.24, 2.45) is 5.73 Å². The van der Waals surface area contributed by atoms with E-state index in [4.69, 9.17) is 5.73 Å². The molecule has 0 aliphatic carbocycles. The van der Waals surface area contributed by atoms with Crippen molar-refractivity contribution in [1.82, 2.24) is 19.5 Å². The van der Waals surface area contributed by atoms with Gasteiger partial charge in [0.25, 0.3) is 0 Å². The summed E-state index contributed by atoms with van der Waals surface area (Å²) >= 11 is 0. The SMILES string of the molecule is CCCn1c(C(N)Cc2cnc[nH]2)nc2cc(F)ccc21. The fourth-order valence-electron chi connectivity index (χ4n) is 2.59. The van der Waals surface area contributed by atoms with Crippen molar-refractivity contribution in [3.05, 3.63) is 48.1 Å². The highest BCUT2D eigenvalue weighted by Crippen LogP contribution is 2.23. The number of benzene rings is 1. The third-order valence-electron chi connectivity index (χ3n) is 3.51. The number of hydrogen-bond donors (Lipinski definition) is 2. The average molecular weight is 287 g/mol. The Balaban J connectivity index is 2.01. The molecular weight excluding hydrogens is 269 g/mol. The lowest BCUT2D eigenvalue weighted by atomic mass is 10.1. The molecule has 6 heteroatoms. The van der Waals surface area contributed by atoms with Gasteiger partial charge in [-0.25, -0.2) is 14.4 Å². The van der Waals surface area contributed by atoms with Gasteiger partial charge in [0, 0.05) is 30.9 Å². The average Bonchev–Trinajstić information content (AvgIpc) is 3.07. The lowest BCUT2D eigenvalue weighted by molar-refractivity contribution is 0.581. The first kappa shape index (κ1) is 13.8. The van der Waals surface area contributed by atoms with Crippen molar-refractivity contribution >= 4 is 11.0 Å². The van der Waals surface area contributed by atoms with Crippen LogP contribution in [-0.4, -0.2) is 19.5 Å². The Morgan fingerprint density at radius 3 is 3.00 bits per heavy atom. The van der Waals surface area contributed by atoms with Gasteiger partial charge in [-0.15, -0.1) is 0 Å². The maximum absolute atomic E-state index is 13.4. The fourth-order valence-corrected chi connectivity index (χ4v) is 2.59. The van der Waals surface area contributed by atoms with Crippen LogP contribution in [0.3, 0.4) is 0 Å². The van der Waals surface area contributed by atoms with Crippen LogP contribution in [0.4, 0.5) is 4.39 Å². The van der Waals surface area contributed by atoms with Gasteiger partial charge in [0.15, 0.2) is 0 Å². The van der Waals surface area contributed by atoms with Crippen LogP contribution in [-0.2, 0) is 13.0 Å². The molecule has 0 amide bonds. The second-order valence-electron chi connectivity index (χ2n) is 5.14. The Hall–Kier alpha value is -2.21. The third-order valence-corrected chi connectivity index (χ3v) is 3.51. The zero-order valence-electron chi connectivity index (χ0n) is 11.9. The second kappa shape index (κ2) is 5.65. The highest BCUT2D eigenvalue weighted by molar-refractivity contribution is 5.76. The summed E-state index contributed by atoms with van der Waals surface area (Å²) in [7, 11) is 0. The van der Waals surface area contributed by atoms with Crippen LogP contribution in [0.25, 0.3) is 11.0 Å². The number of imidazole rings is 2. The Labute approximate surface area is 122 Å². The van der Waals surface area contributed by atoms with Crippen molar-refractivity contribution in [2.75, 3.05) is 0 Å². The summed E-state index contributed by atoms with van der Waals surface area (Å²) in [4.78, 5) is 11.6. The molecule has 3 N–H and O–H groups in total. The summed E-state index contributed by atoms with van der Waals surface area (Å²) < 4.78 is 15.5. The van der Waals surface area contributed by atoms with Crippen molar-refractivity contribution in [2.45, 2.75) is 32.4 Å². The topological polar surface area (TPSA) is 72.5 Å². The van der Waals surface area contributed by atoms with Crippen LogP contribution in [0.5, 0.6) is 0 Å². The third kappa shape index (κ3) is 2.67. The van der Waals surface area contributed by atoms with Crippen LogP contribution < -0.4 is 5.73 Å². The Kier molecular flexibility index (Phi) is 3.70. The van der Waals surface area contributed by atoms with Crippen molar-refractivity contribution < 1.29 is 4.39 Å².